The molecular weight excluding hydrogens is 250 g/mol. The lowest BCUT2D eigenvalue weighted by Crippen LogP contribution is -2.42. The Morgan fingerprint density at radius 1 is 1.35 bits per heavy atom. The predicted octanol–water partition coefficient (Wildman–Crippen LogP) is 2.52. The number of amides is 1. The standard InChI is InChI=1S/C17H23NO2/c19-16(10-9-13-7-8-13)18-12-17(20)11-3-5-14-4-1-2-6-15(14)17/h1-2,4,6,13,20H,3,5,7-12H2,(H,18,19). The van der Waals surface area contributed by atoms with E-state index < -0.39 is 5.60 Å². The summed E-state index contributed by atoms with van der Waals surface area (Å²) < 4.78 is 0. The number of hydrogen-bond acceptors (Lipinski definition) is 2. The van der Waals surface area contributed by atoms with Gasteiger partial charge in [-0.05, 0) is 42.7 Å². The zero-order chi connectivity index (χ0) is 14.0. The Hall–Kier alpha value is -1.35. The van der Waals surface area contributed by atoms with E-state index in [1.165, 1.54) is 18.4 Å². The van der Waals surface area contributed by atoms with E-state index in [0.29, 0.717) is 13.0 Å². The second-order valence-electron chi connectivity index (χ2n) is 6.30. The number of fused-ring (bicyclic) bond motifs is 1. The number of rotatable bonds is 5. The van der Waals surface area contributed by atoms with Crippen molar-refractivity contribution in [3.05, 3.63) is 35.4 Å². The summed E-state index contributed by atoms with van der Waals surface area (Å²) in [5.74, 6) is 0.854. The predicted molar refractivity (Wildman–Crippen MR) is 78.2 cm³/mol. The molecule has 2 aliphatic rings. The number of benzene rings is 1. The van der Waals surface area contributed by atoms with Gasteiger partial charge in [0.25, 0.3) is 0 Å². The quantitative estimate of drug-likeness (QED) is 0.866. The van der Waals surface area contributed by atoms with Crippen LogP contribution in [0.5, 0.6) is 0 Å². The fourth-order valence-corrected chi connectivity index (χ4v) is 3.16. The van der Waals surface area contributed by atoms with Gasteiger partial charge in [0.2, 0.25) is 5.91 Å². The molecule has 0 saturated heterocycles. The van der Waals surface area contributed by atoms with Crippen molar-refractivity contribution in [1.82, 2.24) is 5.32 Å². The van der Waals surface area contributed by atoms with Crippen molar-refractivity contribution in [3.8, 4) is 0 Å². The Kier molecular flexibility index (Phi) is 3.79. The number of carbonyl (C=O) groups is 1. The molecule has 0 aliphatic heterocycles. The number of hydrogen-bond donors (Lipinski definition) is 2. The Balaban J connectivity index is 1.59. The zero-order valence-electron chi connectivity index (χ0n) is 11.9. The van der Waals surface area contributed by atoms with Gasteiger partial charge in [-0.1, -0.05) is 37.1 Å². The van der Waals surface area contributed by atoms with Gasteiger partial charge in [0.1, 0.15) is 5.60 Å². The topological polar surface area (TPSA) is 49.3 Å². The highest BCUT2D eigenvalue weighted by molar-refractivity contribution is 5.76. The van der Waals surface area contributed by atoms with E-state index in [4.69, 9.17) is 0 Å². The average Bonchev–Trinajstić information content (AvgIpc) is 3.28. The lowest BCUT2D eigenvalue weighted by Gasteiger charge is -2.34. The molecule has 0 radical (unpaired) electrons. The lowest BCUT2D eigenvalue weighted by molar-refractivity contribution is -0.122. The van der Waals surface area contributed by atoms with Gasteiger partial charge >= 0.3 is 0 Å². The van der Waals surface area contributed by atoms with Gasteiger partial charge in [0, 0.05) is 6.42 Å². The van der Waals surface area contributed by atoms with Crippen LogP contribution in [0.3, 0.4) is 0 Å². The summed E-state index contributed by atoms with van der Waals surface area (Å²) in [4.78, 5) is 11.8. The second kappa shape index (κ2) is 5.57. The summed E-state index contributed by atoms with van der Waals surface area (Å²) in [7, 11) is 0. The molecule has 0 spiro atoms. The van der Waals surface area contributed by atoms with Crippen LogP contribution < -0.4 is 5.32 Å². The first kappa shape index (κ1) is 13.6. The van der Waals surface area contributed by atoms with Crippen LogP contribution in [-0.2, 0) is 16.8 Å². The van der Waals surface area contributed by atoms with Gasteiger partial charge < -0.3 is 10.4 Å². The van der Waals surface area contributed by atoms with E-state index in [0.717, 1.165) is 37.2 Å². The van der Waals surface area contributed by atoms with Crippen LogP contribution in [0.2, 0.25) is 0 Å². The smallest absolute Gasteiger partial charge is 0.220 e. The molecule has 0 heterocycles. The van der Waals surface area contributed by atoms with Crippen molar-refractivity contribution < 1.29 is 9.90 Å². The molecule has 3 rings (SSSR count). The average molecular weight is 273 g/mol. The van der Waals surface area contributed by atoms with Gasteiger partial charge in [-0.2, -0.15) is 0 Å². The van der Waals surface area contributed by atoms with E-state index in [1.807, 2.05) is 18.2 Å². The van der Waals surface area contributed by atoms with Crippen molar-refractivity contribution in [1.29, 1.82) is 0 Å². The molecule has 0 aromatic heterocycles. The molecule has 1 aromatic carbocycles. The van der Waals surface area contributed by atoms with E-state index in [1.54, 1.807) is 0 Å². The minimum atomic E-state index is -0.885. The largest absolute Gasteiger partial charge is 0.383 e. The molecular formula is C17H23NO2. The fourth-order valence-electron chi connectivity index (χ4n) is 3.16. The number of nitrogens with one attached hydrogen (secondary N) is 1. The molecule has 3 nitrogen and oxygen atoms in total. The number of aliphatic hydroxyl groups is 1. The second-order valence-corrected chi connectivity index (χ2v) is 6.30. The van der Waals surface area contributed by atoms with Crippen LogP contribution in [0.25, 0.3) is 0 Å². The maximum atomic E-state index is 11.8. The third kappa shape index (κ3) is 3.04. The Morgan fingerprint density at radius 2 is 2.15 bits per heavy atom. The van der Waals surface area contributed by atoms with Crippen molar-refractivity contribution >= 4 is 5.91 Å². The van der Waals surface area contributed by atoms with E-state index in [2.05, 4.69) is 11.4 Å². The Labute approximate surface area is 120 Å². The molecule has 1 amide bonds. The number of aryl methyl sites for hydroxylation is 1. The van der Waals surface area contributed by atoms with Crippen LogP contribution in [0.1, 0.15) is 49.7 Å². The molecule has 108 valence electrons. The first-order chi connectivity index (χ1) is 9.67. The van der Waals surface area contributed by atoms with Crippen molar-refractivity contribution in [3.63, 3.8) is 0 Å². The third-order valence-corrected chi connectivity index (χ3v) is 4.61. The fraction of sp³-hybridized carbons (Fsp3) is 0.588. The maximum Gasteiger partial charge on any atom is 0.220 e. The third-order valence-electron chi connectivity index (χ3n) is 4.61. The first-order valence-electron chi connectivity index (χ1n) is 7.75. The molecule has 3 heteroatoms. The lowest BCUT2D eigenvalue weighted by atomic mass is 9.79. The number of carbonyl (C=O) groups excluding carboxylic acids is 1. The molecule has 1 saturated carbocycles. The summed E-state index contributed by atoms with van der Waals surface area (Å²) in [5.41, 5.74) is 1.33. The molecule has 2 N–H and O–H groups in total. The summed E-state index contributed by atoms with van der Waals surface area (Å²) in [6.07, 6.45) is 6.89. The van der Waals surface area contributed by atoms with Crippen molar-refractivity contribution in [2.75, 3.05) is 6.54 Å². The molecule has 1 aromatic rings. The molecule has 0 bridgehead atoms. The SMILES string of the molecule is O=C(CCC1CC1)NCC1(O)CCCc2ccccc21. The highest BCUT2D eigenvalue weighted by atomic mass is 16.3. The van der Waals surface area contributed by atoms with Crippen LogP contribution in [0.15, 0.2) is 24.3 Å². The van der Waals surface area contributed by atoms with E-state index >= 15 is 0 Å². The van der Waals surface area contributed by atoms with Crippen LogP contribution in [0.4, 0.5) is 0 Å². The van der Waals surface area contributed by atoms with Gasteiger partial charge in [-0.3, -0.25) is 4.79 Å². The summed E-state index contributed by atoms with van der Waals surface area (Å²) in [6.45, 7) is 0.341. The summed E-state index contributed by atoms with van der Waals surface area (Å²) in [6, 6.07) is 8.04. The van der Waals surface area contributed by atoms with E-state index in [9.17, 15) is 9.90 Å². The van der Waals surface area contributed by atoms with Crippen molar-refractivity contribution in [2.24, 2.45) is 5.92 Å². The molecule has 1 fully saturated rings. The minimum absolute atomic E-state index is 0.0772. The molecule has 1 unspecified atom stereocenters. The van der Waals surface area contributed by atoms with Crippen LogP contribution >= 0.6 is 0 Å². The van der Waals surface area contributed by atoms with E-state index in [-0.39, 0.29) is 5.91 Å². The van der Waals surface area contributed by atoms with Gasteiger partial charge in [0.15, 0.2) is 0 Å². The van der Waals surface area contributed by atoms with Crippen LogP contribution in [-0.4, -0.2) is 17.6 Å². The normalized spacial score (nSPS) is 25.1. The van der Waals surface area contributed by atoms with Gasteiger partial charge in [-0.25, -0.2) is 0 Å². The molecule has 20 heavy (non-hydrogen) atoms. The molecule has 1 atom stereocenters. The summed E-state index contributed by atoms with van der Waals surface area (Å²) >= 11 is 0. The van der Waals surface area contributed by atoms with Gasteiger partial charge in [-0.15, -0.1) is 0 Å². The zero-order valence-corrected chi connectivity index (χ0v) is 11.9. The highest BCUT2D eigenvalue weighted by Crippen LogP contribution is 2.35. The van der Waals surface area contributed by atoms with Crippen molar-refractivity contribution in [2.45, 2.75) is 50.5 Å². The Morgan fingerprint density at radius 3 is 2.95 bits per heavy atom. The molecule has 2 aliphatic carbocycles. The highest BCUT2D eigenvalue weighted by Gasteiger charge is 2.34. The Bertz CT molecular complexity index is 496. The minimum Gasteiger partial charge on any atom is -0.383 e. The maximum absolute atomic E-state index is 11.8. The first-order valence-corrected chi connectivity index (χ1v) is 7.75. The monoisotopic (exact) mass is 273 g/mol. The van der Waals surface area contributed by atoms with Gasteiger partial charge in [0.05, 0.1) is 6.54 Å². The summed E-state index contributed by atoms with van der Waals surface area (Å²) in [5, 5.41) is 13.8. The van der Waals surface area contributed by atoms with Crippen LogP contribution in [0, 0.1) is 5.92 Å².